The van der Waals surface area contributed by atoms with Crippen LogP contribution in [-0.4, -0.2) is 14.5 Å². The second kappa shape index (κ2) is 11.9. The van der Waals surface area contributed by atoms with Gasteiger partial charge < -0.3 is 4.57 Å². The molecule has 12 aromatic rings. The van der Waals surface area contributed by atoms with E-state index in [0.29, 0.717) is 0 Å². The van der Waals surface area contributed by atoms with Crippen LogP contribution >= 0.6 is 22.7 Å². The van der Waals surface area contributed by atoms with Gasteiger partial charge in [-0.2, -0.15) is 0 Å². The molecule has 8 aromatic carbocycles. The van der Waals surface area contributed by atoms with Gasteiger partial charge in [0.1, 0.15) is 0 Å². The molecule has 0 bridgehead atoms. The summed E-state index contributed by atoms with van der Waals surface area (Å²) >= 11 is 3.67. The lowest BCUT2D eigenvalue weighted by molar-refractivity contribution is 1.19. The van der Waals surface area contributed by atoms with Crippen LogP contribution in [0.25, 0.3) is 113 Å². The van der Waals surface area contributed by atoms with Crippen LogP contribution in [-0.2, 0) is 0 Å². The van der Waals surface area contributed by atoms with E-state index in [4.69, 9.17) is 9.97 Å². The van der Waals surface area contributed by atoms with Crippen LogP contribution in [0, 0.1) is 0 Å². The molecule has 4 heterocycles. The summed E-state index contributed by atoms with van der Waals surface area (Å²) < 4.78 is 7.49. The van der Waals surface area contributed by atoms with E-state index in [-0.39, 0.29) is 0 Å². The highest BCUT2D eigenvalue weighted by Gasteiger charge is 2.22. The zero-order chi connectivity index (χ0) is 36.0. The van der Waals surface area contributed by atoms with Gasteiger partial charge in [-0.1, -0.05) is 146 Å². The number of benzene rings is 8. The van der Waals surface area contributed by atoms with Gasteiger partial charge in [-0.05, 0) is 46.8 Å². The third-order valence-electron chi connectivity index (χ3n) is 11.0. The summed E-state index contributed by atoms with van der Waals surface area (Å²) in [5, 5.41) is 9.05. The van der Waals surface area contributed by atoms with Crippen molar-refractivity contribution in [3.05, 3.63) is 176 Å². The van der Waals surface area contributed by atoms with E-state index in [0.717, 1.165) is 38.5 Å². The number of rotatable bonds is 4. The molecule has 0 aliphatic rings. The molecule has 4 aromatic heterocycles. The average molecular weight is 736 g/mol. The first kappa shape index (κ1) is 30.8. The van der Waals surface area contributed by atoms with Gasteiger partial charge in [0, 0.05) is 63.2 Å². The number of hydrogen-bond donors (Lipinski definition) is 0. The zero-order valence-corrected chi connectivity index (χ0v) is 31.0. The molecule has 256 valence electrons. The van der Waals surface area contributed by atoms with E-state index in [2.05, 4.69) is 162 Å². The topological polar surface area (TPSA) is 30.7 Å². The van der Waals surface area contributed by atoms with Crippen molar-refractivity contribution in [2.24, 2.45) is 0 Å². The Morgan fingerprint density at radius 2 is 0.945 bits per heavy atom. The minimum Gasteiger partial charge on any atom is -0.309 e. The minimum atomic E-state index is 0.747. The third kappa shape index (κ3) is 4.61. The van der Waals surface area contributed by atoms with Gasteiger partial charge >= 0.3 is 0 Å². The largest absolute Gasteiger partial charge is 0.309 e. The molecule has 0 aliphatic carbocycles. The fourth-order valence-corrected chi connectivity index (χ4v) is 10.9. The fourth-order valence-electron chi connectivity index (χ4n) is 8.52. The van der Waals surface area contributed by atoms with Crippen LogP contribution in [0.15, 0.2) is 176 Å². The average Bonchev–Trinajstić information content (AvgIpc) is 3.94. The Morgan fingerprint density at radius 1 is 0.382 bits per heavy atom. The fraction of sp³-hybridized carbons (Fsp3) is 0. The Kier molecular flexibility index (Phi) is 6.67. The Labute approximate surface area is 324 Å². The lowest BCUT2D eigenvalue weighted by Crippen LogP contribution is -1.95. The van der Waals surface area contributed by atoms with Gasteiger partial charge in [0.2, 0.25) is 0 Å². The van der Waals surface area contributed by atoms with Crippen LogP contribution in [0.2, 0.25) is 0 Å². The van der Waals surface area contributed by atoms with Gasteiger partial charge in [0.05, 0.1) is 26.9 Å². The first-order valence-corrected chi connectivity index (χ1v) is 20.1. The molecular formula is C50H29N3S2. The van der Waals surface area contributed by atoms with Gasteiger partial charge in [0.25, 0.3) is 0 Å². The lowest BCUT2D eigenvalue weighted by Gasteiger charge is -2.12. The van der Waals surface area contributed by atoms with Gasteiger partial charge in [0.15, 0.2) is 5.82 Å². The van der Waals surface area contributed by atoms with Crippen molar-refractivity contribution in [1.82, 2.24) is 14.5 Å². The van der Waals surface area contributed by atoms with Crippen molar-refractivity contribution >= 4 is 95.7 Å². The smallest absolute Gasteiger partial charge is 0.160 e. The molecule has 0 unspecified atom stereocenters. The predicted octanol–water partition coefficient (Wildman–Crippen LogP) is 14.5. The van der Waals surface area contributed by atoms with Gasteiger partial charge in [-0.3, -0.25) is 0 Å². The number of para-hydroxylation sites is 1. The molecule has 0 saturated carbocycles. The molecule has 0 atom stereocenters. The summed E-state index contributed by atoms with van der Waals surface area (Å²) in [6, 6.07) is 63.4. The second-order valence-corrected chi connectivity index (χ2v) is 16.2. The minimum absolute atomic E-state index is 0.747. The number of thiophene rings is 2. The SMILES string of the molecule is c1ccc(-c2nc(-c3ccc(-c4ccc(-n5c6ccccc6c6c7sc8ccccc8c7c7ccccc7c65)cc4)cc3)c3sc4ccccc4c3n2)cc1. The van der Waals surface area contributed by atoms with E-state index in [1.165, 1.54) is 74.0 Å². The second-order valence-electron chi connectivity index (χ2n) is 14.1. The molecule has 0 aliphatic heterocycles. The quantitative estimate of drug-likeness (QED) is 0.180. The first-order chi connectivity index (χ1) is 27.3. The van der Waals surface area contributed by atoms with E-state index < -0.39 is 0 Å². The van der Waals surface area contributed by atoms with Crippen molar-refractivity contribution in [3.8, 4) is 39.5 Å². The Balaban J connectivity index is 0.990. The number of aromatic nitrogens is 3. The summed E-state index contributed by atoms with van der Waals surface area (Å²) in [6.45, 7) is 0. The highest BCUT2D eigenvalue weighted by Crippen LogP contribution is 2.48. The highest BCUT2D eigenvalue weighted by atomic mass is 32.1. The van der Waals surface area contributed by atoms with Crippen molar-refractivity contribution < 1.29 is 0 Å². The Bertz CT molecular complexity index is 3460. The van der Waals surface area contributed by atoms with Crippen molar-refractivity contribution in [2.45, 2.75) is 0 Å². The molecule has 0 saturated heterocycles. The molecule has 5 heteroatoms. The molecule has 0 N–H and O–H groups in total. The van der Waals surface area contributed by atoms with Gasteiger partial charge in [-0.15, -0.1) is 22.7 Å². The van der Waals surface area contributed by atoms with E-state index in [1.807, 2.05) is 29.5 Å². The van der Waals surface area contributed by atoms with Crippen LogP contribution in [0.5, 0.6) is 0 Å². The van der Waals surface area contributed by atoms with Gasteiger partial charge in [-0.25, -0.2) is 9.97 Å². The van der Waals surface area contributed by atoms with E-state index in [1.54, 1.807) is 11.3 Å². The van der Waals surface area contributed by atoms with Crippen LogP contribution in [0.1, 0.15) is 0 Å². The number of nitrogens with zero attached hydrogens (tertiary/aromatic N) is 3. The standard InChI is InChI=1S/C50H29N3S2/c1-2-12-33(13-3-1)50-51-45(49-46(52-50)39-18-8-11-21-42(39)55-49)32-24-22-30(23-25-32)31-26-28-34(29-27-31)53-40-19-9-6-16-37(40)44-47(53)36-15-5-4-14-35(36)43-38-17-7-10-20-41(38)54-48(43)44/h1-29H. The molecule has 3 nitrogen and oxygen atoms in total. The number of fused-ring (bicyclic) bond motifs is 13. The summed E-state index contributed by atoms with van der Waals surface area (Å²) in [4.78, 5) is 10.3. The maximum Gasteiger partial charge on any atom is 0.160 e. The maximum atomic E-state index is 5.18. The molecule has 0 radical (unpaired) electrons. The molecule has 0 spiro atoms. The molecule has 12 rings (SSSR count). The molecule has 0 amide bonds. The summed E-state index contributed by atoms with van der Waals surface area (Å²) in [5.41, 5.74) is 10.1. The maximum absolute atomic E-state index is 5.18. The highest BCUT2D eigenvalue weighted by molar-refractivity contribution is 7.27. The third-order valence-corrected chi connectivity index (χ3v) is 13.4. The van der Waals surface area contributed by atoms with E-state index >= 15 is 0 Å². The summed E-state index contributed by atoms with van der Waals surface area (Å²) in [7, 11) is 0. The summed E-state index contributed by atoms with van der Waals surface area (Å²) in [5.74, 6) is 0.747. The monoisotopic (exact) mass is 735 g/mol. The van der Waals surface area contributed by atoms with Crippen molar-refractivity contribution in [2.75, 3.05) is 0 Å². The first-order valence-electron chi connectivity index (χ1n) is 18.5. The Morgan fingerprint density at radius 3 is 1.71 bits per heavy atom. The molecule has 0 fully saturated rings. The van der Waals surface area contributed by atoms with Crippen LogP contribution < -0.4 is 0 Å². The van der Waals surface area contributed by atoms with Crippen LogP contribution in [0.3, 0.4) is 0 Å². The molecule has 55 heavy (non-hydrogen) atoms. The zero-order valence-electron chi connectivity index (χ0n) is 29.4. The molecular weight excluding hydrogens is 707 g/mol. The van der Waals surface area contributed by atoms with E-state index in [9.17, 15) is 0 Å². The number of hydrogen-bond acceptors (Lipinski definition) is 4. The van der Waals surface area contributed by atoms with Crippen molar-refractivity contribution in [1.29, 1.82) is 0 Å². The Hall–Kier alpha value is -6.66. The lowest BCUT2D eigenvalue weighted by atomic mass is 9.99. The summed E-state index contributed by atoms with van der Waals surface area (Å²) in [6.07, 6.45) is 0. The normalized spacial score (nSPS) is 12.0. The predicted molar refractivity (Wildman–Crippen MR) is 236 cm³/mol. The van der Waals surface area contributed by atoms with Crippen molar-refractivity contribution in [3.63, 3.8) is 0 Å². The van der Waals surface area contributed by atoms with Crippen LogP contribution in [0.4, 0.5) is 0 Å².